The third kappa shape index (κ3) is 2.59. The zero-order valence-electron chi connectivity index (χ0n) is 9.24. The molecule has 0 bridgehead atoms. The highest BCUT2D eigenvalue weighted by atomic mass is 32.1. The Hall–Kier alpha value is -1.40. The van der Waals surface area contributed by atoms with Crippen LogP contribution in [-0.4, -0.2) is 18.4 Å². The molecule has 0 fully saturated rings. The minimum absolute atomic E-state index is 0.222. The Kier molecular flexibility index (Phi) is 3.66. The van der Waals surface area contributed by atoms with Crippen LogP contribution in [0.2, 0.25) is 0 Å². The van der Waals surface area contributed by atoms with Crippen LogP contribution < -0.4 is 16.8 Å². The fourth-order valence-corrected chi connectivity index (χ4v) is 1.75. The van der Waals surface area contributed by atoms with Crippen LogP contribution in [0.4, 0.5) is 5.00 Å². The third-order valence-corrected chi connectivity index (χ3v) is 3.11. The lowest BCUT2D eigenvalue weighted by molar-refractivity contribution is -0.123. The standard InChI is InChI=1S/C10H15N3O2S/c1-10(2,5-11)9(15)13-8-6(7(12)14)3-4-16-8/h3-4H,5,11H2,1-2H3,(H2,12,14)(H,13,15). The molecular weight excluding hydrogens is 226 g/mol. The molecule has 1 heterocycles. The van der Waals surface area contributed by atoms with Gasteiger partial charge >= 0.3 is 0 Å². The van der Waals surface area contributed by atoms with Crippen molar-refractivity contribution in [3.05, 3.63) is 17.0 Å². The third-order valence-electron chi connectivity index (χ3n) is 2.28. The minimum Gasteiger partial charge on any atom is -0.366 e. The van der Waals surface area contributed by atoms with Gasteiger partial charge in [-0.05, 0) is 25.3 Å². The van der Waals surface area contributed by atoms with Crippen LogP contribution in [0.25, 0.3) is 0 Å². The summed E-state index contributed by atoms with van der Waals surface area (Å²) in [7, 11) is 0. The summed E-state index contributed by atoms with van der Waals surface area (Å²) in [5.74, 6) is -0.776. The first-order valence-corrected chi connectivity index (χ1v) is 5.65. The number of thiophene rings is 1. The van der Waals surface area contributed by atoms with Crippen molar-refractivity contribution in [1.29, 1.82) is 0 Å². The first-order chi connectivity index (χ1) is 7.38. The molecule has 5 N–H and O–H groups in total. The van der Waals surface area contributed by atoms with E-state index >= 15 is 0 Å². The van der Waals surface area contributed by atoms with E-state index in [1.54, 1.807) is 25.3 Å². The van der Waals surface area contributed by atoms with Gasteiger partial charge in [-0.25, -0.2) is 0 Å². The molecule has 0 saturated heterocycles. The fraction of sp³-hybridized carbons (Fsp3) is 0.400. The lowest BCUT2D eigenvalue weighted by Gasteiger charge is -2.20. The van der Waals surface area contributed by atoms with Crippen molar-refractivity contribution in [2.45, 2.75) is 13.8 Å². The van der Waals surface area contributed by atoms with Gasteiger partial charge < -0.3 is 16.8 Å². The van der Waals surface area contributed by atoms with Crippen molar-refractivity contribution >= 4 is 28.2 Å². The Balaban J connectivity index is 2.85. The molecule has 0 atom stereocenters. The summed E-state index contributed by atoms with van der Waals surface area (Å²) >= 11 is 1.26. The lowest BCUT2D eigenvalue weighted by atomic mass is 9.93. The molecule has 6 heteroatoms. The maximum Gasteiger partial charge on any atom is 0.251 e. The highest BCUT2D eigenvalue weighted by Crippen LogP contribution is 2.25. The van der Waals surface area contributed by atoms with Gasteiger partial charge in [0.2, 0.25) is 5.91 Å². The number of nitrogens with two attached hydrogens (primary N) is 2. The monoisotopic (exact) mass is 241 g/mol. The van der Waals surface area contributed by atoms with Gasteiger partial charge in [-0.1, -0.05) is 0 Å². The maximum atomic E-state index is 11.8. The Morgan fingerprint density at radius 1 is 1.50 bits per heavy atom. The molecule has 0 radical (unpaired) electrons. The second kappa shape index (κ2) is 4.63. The average molecular weight is 241 g/mol. The van der Waals surface area contributed by atoms with Crippen molar-refractivity contribution < 1.29 is 9.59 Å². The van der Waals surface area contributed by atoms with Crippen LogP contribution in [0.1, 0.15) is 24.2 Å². The smallest absolute Gasteiger partial charge is 0.251 e. The number of carbonyl (C=O) groups is 2. The molecule has 0 unspecified atom stereocenters. The lowest BCUT2D eigenvalue weighted by Crippen LogP contribution is -2.37. The van der Waals surface area contributed by atoms with E-state index in [9.17, 15) is 9.59 Å². The summed E-state index contributed by atoms with van der Waals surface area (Å²) in [6.45, 7) is 3.70. The van der Waals surface area contributed by atoms with Gasteiger partial charge in [-0.2, -0.15) is 0 Å². The molecule has 0 spiro atoms. The molecule has 88 valence electrons. The normalized spacial score (nSPS) is 11.2. The zero-order valence-corrected chi connectivity index (χ0v) is 10.1. The number of carbonyl (C=O) groups excluding carboxylic acids is 2. The van der Waals surface area contributed by atoms with Crippen LogP contribution >= 0.6 is 11.3 Å². The van der Waals surface area contributed by atoms with Crippen molar-refractivity contribution in [3.8, 4) is 0 Å². The number of primary amides is 1. The minimum atomic E-state index is -0.668. The van der Waals surface area contributed by atoms with Gasteiger partial charge in [0, 0.05) is 6.54 Å². The van der Waals surface area contributed by atoms with Gasteiger partial charge in [-0.15, -0.1) is 11.3 Å². The van der Waals surface area contributed by atoms with E-state index in [-0.39, 0.29) is 12.5 Å². The van der Waals surface area contributed by atoms with Crippen molar-refractivity contribution in [2.75, 3.05) is 11.9 Å². The van der Waals surface area contributed by atoms with Crippen molar-refractivity contribution in [2.24, 2.45) is 16.9 Å². The van der Waals surface area contributed by atoms with E-state index in [1.807, 2.05) is 0 Å². The summed E-state index contributed by atoms with van der Waals surface area (Å²) in [6.07, 6.45) is 0. The second-order valence-corrected chi connectivity index (χ2v) is 4.99. The number of hydrogen-bond acceptors (Lipinski definition) is 4. The number of nitrogens with one attached hydrogen (secondary N) is 1. The molecule has 0 aliphatic rings. The molecule has 1 aromatic heterocycles. The fourth-order valence-electron chi connectivity index (χ4n) is 0.965. The van der Waals surface area contributed by atoms with Crippen LogP contribution in [0.15, 0.2) is 11.4 Å². The topological polar surface area (TPSA) is 98.2 Å². The van der Waals surface area contributed by atoms with Crippen LogP contribution in [-0.2, 0) is 4.79 Å². The largest absolute Gasteiger partial charge is 0.366 e. The summed E-state index contributed by atoms with van der Waals surface area (Å²) in [6, 6.07) is 1.58. The Morgan fingerprint density at radius 3 is 2.62 bits per heavy atom. The molecule has 0 aliphatic carbocycles. The molecule has 2 amide bonds. The van der Waals surface area contributed by atoms with Crippen LogP contribution in [0.3, 0.4) is 0 Å². The van der Waals surface area contributed by atoms with E-state index in [2.05, 4.69) is 5.32 Å². The van der Waals surface area contributed by atoms with Crippen LogP contribution in [0.5, 0.6) is 0 Å². The number of hydrogen-bond donors (Lipinski definition) is 3. The van der Waals surface area contributed by atoms with Gasteiger partial charge in [-0.3, -0.25) is 9.59 Å². The van der Waals surface area contributed by atoms with E-state index in [0.29, 0.717) is 10.6 Å². The molecular formula is C10H15N3O2S. The highest BCUT2D eigenvalue weighted by molar-refractivity contribution is 7.14. The summed E-state index contributed by atoms with van der Waals surface area (Å²) < 4.78 is 0. The highest BCUT2D eigenvalue weighted by Gasteiger charge is 2.27. The molecule has 0 aliphatic heterocycles. The summed E-state index contributed by atoms with van der Waals surface area (Å²) in [4.78, 5) is 22.8. The first kappa shape index (κ1) is 12.7. The quantitative estimate of drug-likeness (QED) is 0.726. The SMILES string of the molecule is CC(C)(CN)C(=O)Nc1sccc1C(N)=O. The Labute approximate surface area is 97.8 Å². The van der Waals surface area contributed by atoms with Crippen molar-refractivity contribution in [1.82, 2.24) is 0 Å². The van der Waals surface area contributed by atoms with E-state index in [1.165, 1.54) is 11.3 Å². The number of anilines is 1. The average Bonchev–Trinajstić information content (AvgIpc) is 2.65. The molecule has 1 aromatic rings. The van der Waals surface area contributed by atoms with Gasteiger partial charge in [0.1, 0.15) is 5.00 Å². The molecule has 0 saturated carbocycles. The van der Waals surface area contributed by atoms with Gasteiger partial charge in [0.25, 0.3) is 5.91 Å². The van der Waals surface area contributed by atoms with E-state index in [4.69, 9.17) is 11.5 Å². The number of amides is 2. The first-order valence-electron chi connectivity index (χ1n) is 4.77. The van der Waals surface area contributed by atoms with Gasteiger partial charge in [0.05, 0.1) is 11.0 Å². The van der Waals surface area contributed by atoms with Crippen LogP contribution in [0, 0.1) is 5.41 Å². The second-order valence-electron chi connectivity index (χ2n) is 4.07. The molecule has 1 rings (SSSR count). The molecule has 16 heavy (non-hydrogen) atoms. The van der Waals surface area contributed by atoms with Crippen molar-refractivity contribution in [3.63, 3.8) is 0 Å². The predicted octanol–water partition coefficient (Wildman–Crippen LogP) is 0.770. The summed E-state index contributed by atoms with van der Waals surface area (Å²) in [5.41, 5.74) is 10.3. The predicted molar refractivity (Wildman–Crippen MR) is 64.3 cm³/mol. The van der Waals surface area contributed by atoms with E-state index in [0.717, 1.165) is 0 Å². The molecule has 0 aromatic carbocycles. The van der Waals surface area contributed by atoms with Gasteiger partial charge in [0.15, 0.2) is 0 Å². The maximum absolute atomic E-state index is 11.8. The van der Waals surface area contributed by atoms with E-state index < -0.39 is 11.3 Å². The molecule has 5 nitrogen and oxygen atoms in total. The summed E-state index contributed by atoms with van der Waals surface area (Å²) in [5, 5.41) is 4.83. The number of rotatable bonds is 4. The zero-order chi connectivity index (χ0) is 12.3. The Morgan fingerprint density at radius 2 is 2.12 bits per heavy atom. The Bertz CT molecular complexity index is 412.